The van der Waals surface area contributed by atoms with E-state index in [1.165, 1.54) is 24.3 Å². The van der Waals surface area contributed by atoms with Crippen molar-refractivity contribution >= 4 is 11.7 Å². The minimum Gasteiger partial charge on any atom is -0.466 e. The van der Waals surface area contributed by atoms with Crippen LogP contribution in [0, 0.1) is 10.1 Å². The molecular formula is C12H11N3O5. The van der Waals surface area contributed by atoms with E-state index in [1.807, 2.05) is 0 Å². The van der Waals surface area contributed by atoms with Crippen LogP contribution in [0.3, 0.4) is 0 Å². The SMILES string of the molecule is CCOC(=O)Cc1nc(-c2ccc([N+](=O)[O-])cc2)no1. The lowest BCUT2D eigenvalue weighted by Crippen LogP contribution is -2.07. The number of benzene rings is 1. The van der Waals surface area contributed by atoms with Crippen LogP contribution in [0.4, 0.5) is 5.69 Å². The van der Waals surface area contributed by atoms with Crippen molar-refractivity contribution in [3.63, 3.8) is 0 Å². The molecule has 0 saturated carbocycles. The number of ether oxygens (including phenoxy) is 1. The molecule has 0 spiro atoms. The van der Waals surface area contributed by atoms with E-state index < -0.39 is 10.9 Å². The van der Waals surface area contributed by atoms with Gasteiger partial charge in [0.25, 0.3) is 5.69 Å². The molecule has 1 aromatic heterocycles. The van der Waals surface area contributed by atoms with Crippen LogP contribution in [-0.2, 0) is 16.0 Å². The third-order valence-electron chi connectivity index (χ3n) is 2.41. The summed E-state index contributed by atoms with van der Waals surface area (Å²) in [5.74, 6) is -0.0533. The summed E-state index contributed by atoms with van der Waals surface area (Å²) in [6.07, 6.45) is -0.103. The Balaban J connectivity index is 2.12. The van der Waals surface area contributed by atoms with E-state index in [4.69, 9.17) is 9.26 Å². The summed E-state index contributed by atoms with van der Waals surface area (Å²) in [7, 11) is 0. The van der Waals surface area contributed by atoms with Gasteiger partial charge in [-0.15, -0.1) is 0 Å². The van der Waals surface area contributed by atoms with Crippen molar-refractivity contribution in [2.75, 3.05) is 6.61 Å². The van der Waals surface area contributed by atoms with Crippen molar-refractivity contribution in [1.29, 1.82) is 0 Å². The van der Waals surface area contributed by atoms with E-state index in [9.17, 15) is 14.9 Å². The van der Waals surface area contributed by atoms with Gasteiger partial charge in [0.1, 0.15) is 6.42 Å². The highest BCUT2D eigenvalue weighted by molar-refractivity contribution is 5.71. The lowest BCUT2D eigenvalue weighted by Gasteiger charge is -1.96. The zero-order valence-corrected chi connectivity index (χ0v) is 10.6. The van der Waals surface area contributed by atoms with E-state index in [0.717, 1.165) is 0 Å². The van der Waals surface area contributed by atoms with Gasteiger partial charge >= 0.3 is 5.97 Å². The Bertz CT molecular complexity index is 620. The molecule has 2 rings (SSSR count). The van der Waals surface area contributed by atoms with Gasteiger partial charge in [0.05, 0.1) is 11.5 Å². The van der Waals surface area contributed by atoms with E-state index in [2.05, 4.69) is 10.1 Å². The monoisotopic (exact) mass is 277 g/mol. The van der Waals surface area contributed by atoms with Gasteiger partial charge < -0.3 is 9.26 Å². The smallest absolute Gasteiger partial charge is 0.315 e. The molecule has 1 aromatic carbocycles. The molecule has 0 amide bonds. The number of hydrogen-bond acceptors (Lipinski definition) is 7. The molecule has 0 aliphatic carbocycles. The van der Waals surface area contributed by atoms with Crippen molar-refractivity contribution in [2.24, 2.45) is 0 Å². The fourth-order valence-corrected chi connectivity index (χ4v) is 1.51. The Labute approximate surface area is 113 Å². The first-order valence-corrected chi connectivity index (χ1v) is 5.83. The third kappa shape index (κ3) is 3.16. The molecule has 0 N–H and O–H groups in total. The van der Waals surface area contributed by atoms with E-state index in [0.29, 0.717) is 5.56 Å². The number of nitrogens with zero attached hydrogens (tertiary/aromatic N) is 3. The maximum Gasteiger partial charge on any atom is 0.315 e. The van der Waals surface area contributed by atoms with E-state index in [1.54, 1.807) is 6.92 Å². The quantitative estimate of drug-likeness (QED) is 0.465. The standard InChI is InChI=1S/C12H11N3O5/c1-2-19-11(16)7-10-13-12(14-20-10)8-3-5-9(6-4-8)15(17)18/h3-6H,2,7H2,1H3. The molecule has 0 unspecified atom stereocenters. The van der Waals surface area contributed by atoms with Crippen molar-refractivity contribution < 1.29 is 19.0 Å². The van der Waals surface area contributed by atoms with Gasteiger partial charge in [-0.25, -0.2) is 0 Å². The summed E-state index contributed by atoms with van der Waals surface area (Å²) >= 11 is 0. The minimum absolute atomic E-state index is 0.0241. The zero-order valence-electron chi connectivity index (χ0n) is 10.6. The van der Waals surface area contributed by atoms with Gasteiger partial charge in [0.2, 0.25) is 11.7 Å². The predicted octanol–water partition coefficient (Wildman–Crippen LogP) is 1.75. The largest absolute Gasteiger partial charge is 0.466 e. The second-order valence-electron chi connectivity index (χ2n) is 3.80. The van der Waals surface area contributed by atoms with Gasteiger partial charge in [0, 0.05) is 17.7 Å². The maximum atomic E-state index is 11.3. The molecule has 8 nitrogen and oxygen atoms in total. The summed E-state index contributed by atoms with van der Waals surface area (Å²) in [6, 6.07) is 5.71. The second-order valence-corrected chi connectivity index (χ2v) is 3.80. The van der Waals surface area contributed by atoms with Crippen molar-refractivity contribution in [3.05, 3.63) is 40.3 Å². The topological polar surface area (TPSA) is 108 Å². The average Bonchev–Trinajstić information content (AvgIpc) is 2.87. The molecule has 104 valence electrons. The lowest BCUT2D eigenvalue weighted by atomic mass is 10.2. The summed E-state index contributed by atoms with van der Waals surface area (Å²) in [4.78, 5) is 25.3. The van der Waals surface area contributed by atoms with Gasteiger partial charge in [0.15, 0.2) is 0 Å². The number of carbonyl (C=O) groups is 1. The number of rotatable bonds is 5. The Morgan fingerprint density at radius 3 is 2.70 bits per heavy atom. The number of carbonyl (C=O) groups excluding carboxylic acids is 1. The van der Waals surface area contributed by atoms with Crippen molar-refractivity contribution in [1.82, 2.24) is 10.1 Å². The first kappa shape index (κ1) is 13.7. The number of hydrogen-bond donors (Lipinski definition) is 0. The summed E-state index contributed by atoms with van der Waals surface area (Å²) in [5.41, 5.74) is 0.540. The van der Waals surface area contributed by atoms with Crippen LogP contribution >= 0.6 is 0 Å². The van der Waals surface area contributed by atoms with Gasteiger partial charge in [-0.2, -0.15) is 4.98 Å². The molecule has 0 aliphatic rings. The first-order chi connectivity index (χ1) is 9.60. The fraction of sp³-hybridized carbons (Fsp3) is 0.250. The number of esters is 1. The van der Waals surface area contributed by atoms with Crippen LogP contribution < -0.4 is 0 Å². The Kier molecular flexibility index (Phi) is 4.04. The van der Waals surface area contributed by atoms with Crippen LogP contribution in [0.2, 0.25) is 0 Å². The molecule has 0 saturated heterocycles. The third-order valence-corrected chi connectivity index (χ3v) is 2.41. The molecule has 0 fully saturated rings. The number of aromatic nitrogens is 2. The van der Waals surface area contributed by atoms with Crippen LogP contribution in [0.25, 0.3) is 11.4 Å². The van der Waals surface area contributed by atoms with Gasteiger partial charge in [-0.3, -0.25) is 14.9 Å². The Hall–Kier alpha value is -2.77. The van der Waals surface area contributed by atoms with Crippen LogP contribution in [-0.4, -0.2) is 27.6 Å². The highest BCUT2D eigenvalue weighted by Gasteiger charge is 2.14. The minimum atomic E-state index is -0.494. The molecule has 0 bridgehead atoms. The predicted molar refractivity (Wildman–Crippen MR) is 66.7 cm³/mol. The Morgan fingerprint density at radius 1 is 1.40 bits per heavy atom. The average molecular weight is 277 g/mol. The highest BCUT2D eigenvalue weighted by Crippen LogP contribution is 2.19. The molecule has 2 aromatic rings. The normalized spacial score (nSPS) is 10.2. The summed E-state index contributed by atoms with van der Waals surface area (Å²) in [5, 5.41) is 14.3. The van der Waals surface area contributed by atoms with Crippen LogP contribution in [0.15, 0.2) is 28.8 Å². The molecule has 20 heavy (non-hydrogen) atoms. The Morgan fingerprint density at radius 2 is 2.10 bits per heavy atom. The summed E-state index contributed by atoms with van der Waals surface area (Å²) < 4.78 is 9.68. The van der Waals surface area contributed by atoms with Crippen molar-refractivity contribution in [3.8, 4) is 11.4 Å². The highest BCUT2D eigenvalue weighted by atomic mass is 16.6. The zero-order chi connectivity index (χ0) is 14.5. The first-order valence-electron chi connectivity index (χ1n) is 5.83. The van der Waals surface area contributed by atoms with Gasteiger partial charge in [-0.05, 0) is 19.1 Å². The fourth-order valence-electron chi connectivity index (χ4n) is 1.51. The maximum absolute atomic E-state index is 11.3. The van der Waals surface area contributed by atoms with Crippen LogP contribution in [0.1, 0.15) is 12.8 Å². The number of nitro benzene ring substituents is 1. The molecule has 8 heteroatoms. The second kappa shape index (κ2) is 5.91. The molecule has 0 aliphatic heterocycles. The number of nitro groups is 1. The molecule has 1 heterocycles. The van der Waals surface area contributed by atoms with Crippen LogP contribution in [0.5, 0.6) is 0 Å². The van der Waals surface area contributed by atoms with E-state index >= 15 is 0 Å². The van der Waals surface area contributed by atoms with E-state index in [-0.39, 0.29) is 30.4 Å². The lowest BCUT2D eigenvalue weighted by molar-refractivity contribution is -0.384. The molecular weight excluding hydrogens is 266 g/mol. The number of non-ortho nitro benzene ring substituents is 1. The molecule has 0 atom stereocenters. The molecule has 0 radical (unpaired) electrons. The van der Waals surface area contributed by atoms with Gasteiger partial charge in [-0.1, -0.05) is 5.16 Å². The summed E-state index contributed by atoms with van der Waals surface area (Å²) in [6.45, 7) is 1.98. The van der Waals surface area contributed by atoms with Crippen molar-refractivity contribution in [2.45, 2.75) is 13.3 Å².